The number of likely N-dealkylation sites (tertiary alicyclic amines) is 1. The van der Waals surface area contributed by atoms with Gasteiger partial charge in [-0.25, -0.2) is 14.0 Å². The minimum atomic E-state index is -1.22. The van der Waals surface area contributed by atoms with Crippen LogP contribution in [0.15, 0.2) is 0 Å². The van der Waals surface area contributed by atoms with Crippen molar-refractivity contribution >= 4 is 12.1 Å². The van der Waals surface area contributed by atoms with E-state index in [-0.39, 0.29) is 13.0 Å². The highest BCUT2D eigenvalue weighted by molar-refractivity contribution is 5.82. The number of esters is 1. The van der Waals surface area contributed by atoms with Crippen molar-refractivity contribution in [3.63, 3.8) is 0 Å². The third-order valence-corrected chi connectivity index (χ3v) is 2.35. The Morgan fingerprint density at radius 2 is 1.94 bits per heavy atom. The molecule has 0 radical (unpaired) electrons. The van der Waals surface area contributed by atoms with Gasteiger partial charge in [0.15, 0.2) is 0 Å². The molecule has 2 atom stereocenters. The number of nitrogens with zero attached hydrogens (tertiary/aromatic N) is 1. The molecule has 0 aromatic carbocycles. The SMILES string of the molecule is COC(=O)C1C[C@H](F)CN1C(=O)OC(C)(C)C. The number of methoxy groups -OCH3 is 1. The van der Waals surface area contributed by atoms with Gasteiger partial charge in [-0.3, -0.25) is 4.90 Å². The first-order valence-corrected chi connectivity index (χ1v) is 5.46. The zero-order chi connectivity index (χ0) is 13.2. The molecule has 1 rings (SSSR count). The highest BCUT2D eigenvalue weighted by atomic mass is 19.1. The van der Waals surface area contributed by atoms with Crippen LogP contribution in [0.3, 0.4) is 0 Å². The van der Waals surface area contributed by atoms with Crippen LogP contribution in [0, 0.1) is 0 Å². The number of carbonyl (C=O) groups is 2. The number of amides is 1. The summed E-state index contributed by atoms with van der Waals surface area (Å²) in [5, 5.41) is 0. The van der Waals surface area contributed by atoms with E-state index in [1.54, 1.807) is 20.8 Å². The molecule has 1 aliphatic heterocycles. The van der Waals surface area contributed by atoms with Gasteiger partial charge in [0.05, 0.1) is 13.7 Å². The monoisotopic (exact) mass is 247 g/mol. The first-order chi connectivity index (χ1) is 7.74. The zero-order valence-electron chi connectivity index (χ0n) is 10.5. The van der Waals surface area contributed by atoms with E-state index in [9.17, 15) is 14.0 Å². The van der Waals surface area contributed by atoms with Crippen molar-refractivity contribution in [1.82, 2.24) is 4.90 Å². The van der Waals surface area contributed by atoms with Crippen LogP contribution in [0.25, 0.3) is 0 Å². The summed E-state index contributed by atoms with van der Waals surface area (Å²) in [5.74, 6) is -0.615. The lowest BCUT2D eigenvalue weighted by Gasteiger charge is -2.27. The standard InChI is InChI=1S/C11H18FNO4/c1-11(2,3)17-10(15)13-6-7(12)5-8(13)9(14)16-4/h7-8H,5-6H2,1-4H3/t7-,8?/m0/s1. The second-order valence-corrected chi connectivity index (χ2v) is 5.00. The molecule has 0 aromatic rings. The smallest absolute Gasteiger partial charge is 0.411 e. The van der Waals surface area contributed by atoms with E-state index in [4.69, 9.17) is 4.74 Å². The van der Waals surface area contributed by atoms with Crippen LogP contribution in [0.2, 0.25) is 0 Å². The second-order valence-electron chi connectivity index (χ2n) is 5.00. The van der Waals surface area contributed by atoms with E-state index in [0.29, 0.717) is 0 Å². The summed E-state index contributed by atoms with van der Waals surface area (Å²) < 4.78 is 22.9. The Bertz CT molecular complexity index is 313. The molecule has 6 heteroatoms. The molecule has 0 aliphatic carbocycles. The Hall–Kier alpha value is -1.33. The fourth-order valence-electron chi connectivity index (χ4n) is 1.67. The second kappa shape index (κ2) is 4.89. The lowest BCUT2D eigenvalue weighted by Crippen LogP contribution is -2.43. The van der Waals surface area contributed by atoms with Crippen LogP contribution in [0.4, 0.5) is 9.18 Å². The first kappa shape index (κ1) is 13.7. The lowest BCUT2D eigenvalue weighted by atomic mass is 10.2. The molecule has 0 bridgehead atoms. The van der Waals surface area contributed by atoms with Gasteiger partial charge in [0, 0.05) is 6.42 Å². The normalized spacial score (nSPS) is 24.6. The van der Waals surface area contributed by atoms with Crippen LogP contribution in [-0.2, 0) is 14.3 Å². The highest BCUT2D eigenvalue weighted by Crippen LogP contribution is 2.23. The van der Waals surface area contributed by atoms with E-state index in [2.05, 4.69) is 4.74 Å². The first-order valence-electron chi connectivity index (χ1n) is 5.46. The molecule has 17 heavy (non-hydrogen) atoms. The molecule has 0 N–H and O–H groups in total. The van der Waals surface area contributed by atoms with Gasteiger partial charge < -0.3 is 9.47 Å². The van der Waals surface area contributed by atoms with Gasteiger partial charge in [0.25, 0.3) is 0 Å². The minimum absolute atomic E-state index is 0.0358. The van der Waals surface area contributed by atoms with Gasteiger partial charge in [-0.2, -0.15) is 0 Å². The Balaban J connectivity index is 2.73. The molecule has 5 nitrogen and oxygen atoms in total. The lowest BCUT2D eigenvalue weighted by molar-refractivity contribution is -0.145. The zero-order valence-corrected chi connectivity index (χ0v) is 10.5. The third-order valence-electron chi connectivity index (χ3n) is 2.35. The van der Waals surface area contributed by atoms with Crippen molar-refractivity contribution in [2.45, 2.75) is 45.0 Å². The fourth-order valence-corrected chi connectivity index (χ4v) is 1.67. The maximum atomic E-state index is 13.3. The van der Waals surface area contributed by atoms with Crippen LogP contribution >= 0.6 is 0 Å². The van der Waals surface area contributed by atoms with Gasteiger partial charge in [-0.1, -0.05) is 0 Å². The van der Waals surface area contributed by atoms with Crippen molar-refractivity contribution < 1.29 is 23.5 Å². The number of hydrogen-bond acceptors (Lipinski definition) is 4. The molecule has 1 saturated heterocycles. The van der Waals surface area contributed by atoms with Crippen molar-refractivity contribution in [3.8, 4) is 0 Å². The van der Waals surface area contributed by atoms with Gasteiger partial charge in [-0.15, -0.1) is 0 Å². The molecule has 0 saturated carbocycles. The van der Waals surface area contributed by atoms with Crippen LogP contribution in [0.1, 0.15) is 27.2 Å². The fraction of sp³-hybridized carbons (Fsp3) is 0.818. The minimum Gasteiger partial charge on any atom is -0.467 e. The molecule has 1 amide bonds. The molecule has 1 unspecified atom stereocenters. The summed E-state index contributed by atoms with van der Waals surface area (Å²) in [6.07, 6.45) is -1.94. The number of hydrogen-bond donors (Lipinski definition) is 0. The largest absolute Gasteiger partial charge is 0.467 e. The summed E-state index contributed by atoms with van der Waals surface area (Å²) in [6, 6.07) is -0.884. The van der Waals surface area contributed by atoms with Crippen molar-refractivity contribution in [2.24, 2.45) is 0 Å². The van der Waals surface area contributed by atoms with Crippen molar-refractivity contribution in [1.29, 1.82) is 0 Å². The molecule has 1 heterocycles. The summed E-state index contributed by atoms with van der Waals surface area (Å²) in [7, 11) is 1.21. The molecule has 1 aliphatic rings. The van der Waals surface area contributed by atoms with Gasteiger partial charge in [0.1, 0.15) is 17.8 Å². The number of carbonyl (C=O) groups excluding carboxylic acids is 2. The summed E-state index contributed by atoms with van der Waals surface area (Å²) in [4.78, 5) is 24.3. The summed E-state index contributed by atoms with van der Waals surface area (Å²) in [5.41, 5.74) is -0.674. The van der Waals surface area contributed by atoms with Crippen LogP contribution < -0.4 is 0 Å². The number of ether oxygens (including phenoxy) is 2. The molecular weight excluding hydrogens is 229 g/mol. The van der Waals surface area contributed by atoms with E-state index < -0.39 is 29.9 Å². The van der Waals surface area contributed by atoms with E-state index in [1.807, 2.05) is 0 Å². The number of alkyl halides is 1. The quantitative estimate of drug-likeness (QED) is 0.659. The Morgan fingerprint density at radius 1 is 1.35 bits per heavy atom. The molecular formula is C11H18FNO4. The van der Waals surface area contributed by atoms with Gasteiger partial charge in [0.2, 0.25) is 0 Å². The Kier molecular flexibility index (Phi) is 3.95. The van der Waals surface area contributed by atoms with Crippen molar-refractivity contribution in [2.75, 3.05) is 13.7 Å². The Morgan fingerprint density at radius 3 is 2.41 bits per heavy atom. The van der Waals surface area contributed by atoms with Crippen LogP contribution in [-0.4, -0.2) is 48.4 Å². The van der Waals surface area contributed by atoms with Gasteiger partial charge >= 0.3 is 12.1 Å². The number of rotatable bonds is 1. The number of halogens is 1. The van der Waals surface area contributed by atoms with Gasteiger partial charge in [-0.05, 0) is 20.8 Å². The molecule has 1 fully saturated rings. The topological polar surface area (TPSA) is 55.8 Å². The molecule has 0 spiro atoms. The van der Waals surface area contributed by atoms with Crippen LogP contribution in [0.5, 0.6) is 0 Å². The average Bonchev–Trinajstić information content (AvgIpc) is 2.56. The maximum absolute atomic E-state index is 13.3. The predicted molar refractivity (Wildman–Crippen MR) is 58.3 cm³/mol. The molecule has 98 valence electrons. The average molecular weight is 247 g/mol. The highest BCUT2D eigenvalue weighted by Gasteiger charge is 2.42. The summed E-state index contributed by atoms with van der Waals surface area (Å²) >= 11 is 0. The van der Waals surface area contributed by atoms with E-state index >= 15 is 0 Å². The predicted octanol–water partition coefficient (Wildman–Crippen LogP) is 1.51. The summed E-state index contributed by atoms with van der Waals surface area (Å²) in [6.45, 7) is 5.00. The van der Waals surface area contributed by atoms with Crippen molar-refractivity contribution in [3.05, 3.63) is 0 Å². The maximum Gasteiger partial charge on any atom is 0.411 e. The molecule has 0 aromatic heterocycles. The Labute approximate surface area is 99.9 Å². The van der Waals surface area contributed by atoms with E-state index in [0.717, 1.165) is 4.90 Å². The van der Waals surface area contributed by atoms with E-state index in [1.165, 1.54) is 7.11 Å². The third kappa shape index (κ3) is 3.57.